The molecule has 1 N–H and O–H groups in total. The van der Waals surface area contributed by atoms with Gasteiger partial charge in [0.2, 0.25) is 0 Å². The van der Waals surface area contributed by atoms with E-state index in [1.54, 1.807) is 18.2 Å². The van der Waals surface area contributed by atoms with Crippen molar-refractivity contribution >= 4 is 83.8 Å². The van der Waals surface area contributed by atoms with E-state index in [1.165, 1.54) is 12.1 Å². The Balaban J connectivity index is 2.00. The number of hydrogen-bond acceptors (Lipinski definition) is 2. The summed E-state index contributed by atoms with van der Waals surface area (Å²) in [4.78, 5) is 12.7. The Morgan fingerprint density at radius 3 is 2.43 bits per heavy atom. The van der Waals surface area contributed by atoms with Crippen molar-refractivity contribution in [3.8, 4) is 0 Å². The highest BCUT2D eigenvalue weighted by molar-refractivity contribution is 9.10. The Kier molecular flexibility index (Phi) is 4.85. The Morgan fingerprint density at radius 2 is 1.78 bits per heavy atom. The molecule has 1 heterocycles. The summed E-state index contributed by atoms with van der Waals surface area (Å²) in [5, 5.41) is 4.12. The highest BCUT2D eigenvalue weighted by atomic mass is 79.9. The second-order valence-corrected chi connectivity index (χ2v) is 7.74. The maximum atomic E-state index is 13.3. The summed E-state index contributed by atoms with van der Waals surface area (Å²) in [5.74, 6) is -0.843. The maximum Gasteiger partial charge on any atom is 0.267 e. The highest BCUT2D eigenvalue weighted by Crippen LogP contribution is 2.38. The van der Waals surface area contributed by atoms with Gasteiger partial charge in [0.25, 0.3) is 5.91 Å². The first kappa shape index (κ1) is 17.0. The molecule has 0 aliphatic heterocycles. The van der Waals surface area contributed by atoms with Crippen LogP contribution in [0, 0.1) is 5.82 Å². The number of halogens is 5. The highest BCUT2D eigenvalue weighted by Gasteiger charge is 2.19. The molecule has 0 saturated heterocycles. The first-order chi connectivity index (χ1) is 10.9. The topological polar surface area (TPSA) is 29.1 Å². The van der Waals surface area contributed by atoms with Crippen LogP contribution in [0.5, 0.6) is 0 Å². The van der Waals surface area contributed by atoms with Gasteiger partial charge in [-0.1, -0.05) is 50.7 Å². The van der Waals surface area contributed by atoms with Gasteiger partial charge in [-0.2, -0.15) is 0 Å². The van der Waals surface area contributed by atoms with Crippen molar-refractivity contribution in [1.82, 2.24) is 0 Å². The molecule has 0 atom stereocenters. The van der Waals surface area contributed by atoms with Crippen LogP contribution in [-0.4, -0.2) is 5.91 Å². The molecule has 0 spiro atoms. The van der Waals surface area contributed by atoms with Crippen LogP contribution in [0.15, 0.2) is 34.8 Å². The van der Waals surface area contributed by atoms with E-state index < -0.39 is 5.91 Å². The van der Waals surface area contributed by atoms with E-state index in [4.69, 9.17) is 34.8 Å². The van der Waals surface area contributed by atoms with Crippen LogP contribution in [0.2, 0.25) is 15.1 Å². The monoisotopic (exact) mass is 451 g/mol. The Labute approximate surface area is 158 Å². The summed E-state index contributed by atoms with van der Waals surface area (Å²) in [5.41, 5.74) is 0.293. The number of amides is 1. The minimum atomic E-state index is -0.456. The SMILES string of the molecule is O=C(Nc1c(Cl)cc(Br)cc1Cl)c1sc2cc(F)ccc2c1Cl. The van der Waals surface area contributed by atoms with E-state index in [2.05, 4.69) is 21.2 Å². The molecule has 0 saturated carbocycles. The molecule has 0 aliphatic carbocycles. The van der Waals surface area contributed by atoms with Crippen molar-refractivity contribution in [1.29, 1.82) is 0 Å². The molecule has 2 aromatic carbocycles. The van der Waals surface area contributed by atoms with Crippen molar-refractivity contribution in [3.63, 3.8) is 0 Å². The molecule has 23 heavy (non-hydrogen) atoms. The fourth-order valence-corrected chi connectivity index (χ4v) is 4.76. The van der Waals surface area contributed by atoms with Crippen LogP contribution < -0.4 is 5.32 Å². The number of carbonyl (C=O) groups excluding carboxylic acids is 1. The van der Waals surface area contributed by atoms with Gasteiger partial charge in [0.1, 0.15) is 10.7 Å². The van der Waals surface area contributed by atoms with E-state index in [9.17, 15) is 9.18 Å². The van der Waals surface area contributed by atoms with E-state index in [0.717, 1.165) is 11.3 Å². The molecular weight excluding hydrogens is 447 g/mol. The van der Waals surface area contributed by atoms with Crippen LogP contribution in [0.1, 0.15) is 9.67 Å². The van der Waals surface area contributed by atoms with Gasteiger partial charge in [-0.05, 0) is 30.3 Å². The minimum Gasteiger partial charge on any atom is -0.319 e. The van der Waals surface area contributed by atoms with E-state index in [-0.39, 0.29) is 15.7 Å². The first-order valence-corrected chi connectivity index (χ1v) is 8.94. The molecule has 118 valence electrons. The van der Waals surface area contributed by atoms with Crippen LogP contribution in [0.4, 0.5) is 10.1 Å². The summed E-state index contributed by atoms with van der Waals surface area (Å²) >= 11 is 22.8. The first-order valence-electron chi connectivity index (χ1n) is 6.20. The minimum absolute atomic E-state index is 0.266. The van der Waals surface area contributed by atoms with Gasteiger partial charge < -0.3 is 5.32 Å². The largest absolute Gasteiger partial charge is 0.319 e. The van der Waals surface area contributed by atoms with E-state index in [1.807, 2.05) is 0 Å². The van der Waals surface area contributed by atoms with Gasteiger partial charge in [0.15, 0.2) is 0 Å². The number of anilines is 1. The molecule has 1 amide bonds. The Hall–Kier alpha value is -0.850. The number of fused-ring (bicyclic) bond motifs is 1. The average Bonchev–Trinajstić information content (AvgIpc) is 2.79. The second-order valence-electron chi connectivity index (χ2n) is 4.58. The van der Waals surface area contributed by atoms with Gasteiger partial charge >= 0.3 is 0 Å². The van der Waals surface area contributed by atoms with Crippen molar-refractivity contribution < 1.29 is 9.18 Å². The van der Waals surface area contributed by atoms with Crippen molar-refractivity contribution in [2.45, 2.75) is 0 Å². The smallest absolute Gasteiger partial charge is 0.267 e. The molecule has 3 rings (SSSR count). The zero-order valence-corrected chi connectivity index (χ0v) is 15.8. The number of thiophene rings is 1. The average molecular weight is 454 g/mol. The van der Waals surface area contributed by atoms with Gasteiger partial charge in [0.05, 0.1) is 20.8 Å². The number of nitrogens with one attached hydrogen (secondary N) is 1. The lowest BCUT2D eigenvalue weighted by molar-refractivity contribution is 0.103. The molecule has 8 heteroatoms. The zero-order valence-electron chi connectivity index (χ0n) is 11.1. The summed E-state index contributed by atoms with van der Waals surface area (Å²) in [6.07, 6.45) is 0. The third kappa shape index (κ3) is 3.35. The molecule has 0 radical (unpaired) electrons. The molecule has 3 aromatic rings. The Bertz CT molecular complexity index is 921. The van der Waals surface area contributed by atoms with Gasteiger partial charge in [-0.25, -0.2) is 4.39 Å². The third-order valence-electron chi connectivity index (χ3n) is 3.04. The fraction of sp³-hybridized carbons (Fsp3) is 0. The predicted octanol–water partition coefficient (Wildman–Crippen LogP) is 7.02. The number of rotatable bonds is 2. The van der Waals surface area contributed by atoms with Gasteiger partial charge in [-0.3, -0.25) is 4.79 Å². The Morgan fingerprint density at radius 1 is 1.13 bits per heavy atom. The molecule has 0 unspecified atom stereocenters. The fourth-order valence-electron chi connectivity index (χ4n) is 2.02. The van der Waals surface area contributed by atoms with Crippen LogP contribution in [-0.2, 0) is 0 Å². The van der Waals surface area contributed by atoms with Gasteiger partial charge in [0, 0.05) is 14.6 Å². The second kappa shape index (κ2) is 6.57. The standard InChI is InChI=1S/C15H6BrCl3FNOS/c16-6-3-9(17)13(10(18)4-6)21-15(22)14-12(19)8-2-1-7(20)5-11(8)23-14/h1-5H,(H,21,22). The molecule has 0 bridgehead atoms. The van der Waals surface area contributed by atoms with Gasteiger partial charge in [-0.15, -0.1) is 11.3 Å². The molecule has 0 fully saturated rings. The molecule has 2 nitrogen and oxygen atoms in total. The molecule has 0 aliphatic rings. The summed E-state index contributed by atoms with van der Waals surface area (Å²) < 4.78 is 14.6. The lowest BCUT2D eigenvalue weighted by Crippen LogP contribution is -2.11. The molecular formula is C15H6BrCl3FNOS. The number of hydrogen-bond donors (Lipinski definition) is 1. The zero-order chi connectivity index (χ0) is 16.7. The normalized spacial score (nSPS) is 11.0. The van der Waals surface area contributed by atoms with E-state index in [0.29, 0.717) is 30.3 Å². The number of carbonyl (C=O) groups is 1. The van der Waals surface area contributed by atoms with E-state index >= 15 is 0 Å². The number of benzene rings is 2. The van der Waals surface area contributed by atoms with Crippen molar-refractivity contribution in [3.05, 3.63) is 60.6 Å². The molecule has 1 aromatic heterocycles. The predicted molar refractivity (Wildman–Crippen MR) is 98.9 cm³/mol. The lowest BCUT2D eigenvalue weighted by Gasteiger charge is -2.09. The summed E-state index contributed by atoms with van der Waals surface area (Å²) in [7, 11) is 0. The van der Waals surface area contributed by atoms with Crippen LogP contribution >= 0.6 is 62.1 Å². The quantitative estimate of drug-likeness (QED) is 0.444. The van der Waals surface area contributed by atoms with Crippen LogP contribution in [0.25, 0.3) is 10.1 Å². The summed E-state index contributed by atoms with van der Waals surface area (Å²) in [6, 6.07) is 7.41. The lowest BCUT2D eigenvalue weighted by atomic mass is 10.2. The maximum absolute atomic E-state index is 13.3. The summed E-state index contributed by atoms with van der Waals surface area (Å²) in [6.45, 7) is 0. The van der Waals surface area contributed by atoms with Crippen LogP contribution in [0.3, 0.4) is 0 Å². The third-order valence-corrected chi connectivity index (χ3v) is 5.75. The van der Waals surface area contributed by atoms with Crippen molar-refractivity contribution in [2.24, 2.45) is 0 Å². The van der Waals surface area contributed by atoms with Crippen molar-refractivity contribution in [2.75, 3.05) is 5.32 Å².